The van der Waals surface area contributed by atoms with Crippen LogP contribution in [0.4, 0.5) is 0 Å². The van der Waals surface area contributed by atoms with E-state index in [0.717, 1.165) is 21.0 Å². The van der Waals surface area contributed by atoms with E-state index in [9.17, 15) is 5.11 Å². The Hall–Kier alpha value is 0.190. The minimum Gasteiger partial charge on any atom is -0.506 e. The van der Waals surface area contributed by atoms with Crippen LogP contribution in [0.3, 0.4) is 0 Å². The summed E-state index contributed by atoms with van der Waals surface area (Å²) in [4.78, 5) is 0. The third-order valence-electron chi connectivity index (χ3n) is 1.78. The second-order valence-electron chi connectivity index (χ2n) is 2.72. The van der Waals surface area contributed by atoms with Gasteiger partial charge in [-0.25, -0.2) is 0 Å². The number of aromatic hydroxyl groups is 1. The summed E-state index contributed by atoms with van der Waals surface area (Å²) < 4.78 is 2.18. The van der Waals surface area contributed by atoms with Crippen LogP contribution in [0, 0.1) is 2.88 Å². The van der Waals surface area contributed by atoms with Gasteiger partial charge in [0, 0.05) is 5.33 Å². The van der Waals surface area contributed by atoms with Crippen molar-refractivity contribution >= 4 is 59.9 Å². The molecule has 1 N–H and O–H groups in total. The molecule has 4 heteroatoms. The lowest BCUT2D eigenvalue weighted by molar-refractivity contribution is 0.482. The summed E-state index contributed by atoms with van der Waals surface area (Å²) in [5.41, 5.74) is 1.11. The Kier molecular flexibility index (Phi) is 2.80. The van der Waals surface area contributed by atoms with E-state index in [1.807, 2.05) is 6.07 Å². The second-order valence-corrected chi connectivity index (χ2v) is 6.22. The predicted octanol–water partition coefficient (Wildman–Crippen LogP) is 4.11. The largest absolute Gasteiger partial charge is 0.506 e. The number of hydrogen-bond donors (Lipinski definition) is 1. The highest BCUT2D eigenvalue weighted by Gasteiger charge is 2.05. The normalized spacial score (nSPS) is 10.9. The van der Waals surface area contributed by atoms with Gasteiger partial charge >= 0.3 is 0 Å². The molecule has 13 heavy (non-hydrogen) atoms. The Morgan fingerprint density at radius 1 is 1.38 bits per heavy atom. The minimum absolute atomic E-state index is 0.389. The van der Waals surface area contributed by atoms with E-state index in [1.54, 1.807) is 11.3 Å². The zero-order chi connectivity index (χ0) is 9.42. The first-order valence-corrected chi connectivity index (χ1v) is 6.69. The van der Waals surface area contributed by atoms with Gasteiger partial charge in [0.2, 0.25) is 0 Å². The number of rotatable bonds is 1. The lowest BCUT2D eigenvalue weighted by Gasteiger charge is -1.98. The maximum Gasteiger partial charge on any atom is 0.133 e. The molecule has 0 saturated heterocycles. The monoisotopic (exact) mass is 368 g/mol. The molecule has 0 atom stereocenters. The quantitative estimate of drug-likeness (QED) is 0.593. The van der Waals surface area contributed by atoms with E-state index in [2.05, 4.69) is 50.7 Å². The van der Waals surface area contributed by atoms with E-state index in [1.165, 1.54) is 2.88 Å². The SMILES string of the molecule is Oc1cc(CBr)cc2cc(I)sc12. The first-order chi connectivity index (χ1) is 6.20. The maximum atomic E-state index is 9.68. The van der Waals surface area contributed by atoms with Gasteiger partial charge in [0.05, 0.1) is 7.58 Å². The second kappa shape index (κ2) is 3.74. The van der Waals surface area contributed by atoms with Gasteiger partial charge in [-0.1, -0.05) is 15.9 Å². The molecule has 0 amide bonds. The van der Waals surface area contributed by atoms with Gasteiger partial charge < -0.3 is 5.11 Å². The van der Waals surface area contributed by atoms with Crippen LogP contribution in [0.1, 0.15) is 5.56 Å². The summed E-state index contributed by atoms with van der Waals surface area (Å²) in [6, 6.07) is 6.00. The Morgan fingerprint density at radius 2 is 2.15 bits per heavy atom. The standard InChI is InChI=1S/C9H6BrIOS/c10-4-5-1-6-3-8(11)13-9(6)7(12)2-5/h1-3,12H,4H2. The number of phenols is 1. The summed E-state index contributed by atoms with van der Waals surface area (Å²) >= 11 is 7.26. The highest BCUT2D eigenvalue weighted by atomic mass is 127. The molecule has 0 spiro atoms. The molecule has 0 unspecified atom stereocenters. The highest BCUT2D eigenvalue weighted by molar-refractivity contribution is 14.1. The van der Waals surface area contributed by atoms with E-state index in [0.29, 0.717) is 5.75 Å². The molecule has 0 radical (unpaired) electrons. The molecule has 0 aliphatic carbocycles. The van der Waals surface area contributed by atoms with Gasteiger partial charge in [0.1, 0.15) is 5.75 Å². The smallest absolute Gasteiger partial charge is 0.133 e. The molecular formula is C9H6BrIOS. The summed E-state index contributed by atoms with van der Waals surface area (Å²) in [6.07, 6.45) is 0. The van der Waals surface area contributed by atoms with Gasteiger partial charge in [-0.3, -0.25) is 0 Å². The van der Waals surface area contributed by atoms with Crippen LogP contribution in [-0.2, 0) is 5.33 Å². The van der Waals surface area contributed by atoms with Crippen molar-refractivity contribution in [1.29, 1.82) is 0 Å². The summed E-state index contributed by atoms with van der Waals surface area (Å²) in [5.74, 6) is 0.389. The van der Waals surface area contributed by atoms with Crippen LogP contribution in [0.5, 0.6) is 5.75 Å². The van der Waals surface area contributed by atoms with Gasteiger partial charge in [-0.15, -0.1) is 11.3 Å². The maximum absolute atomic E-state index is 9.68. The third kappa shape index (κ3) is 1.85. The van der Waals surface area contributed by atoms with Crippen molar-refractivity contribution in [3.05, 3.63) is 26.6 Å². The van der Waals surface area contributed by atoms with E-state index in [4.69, 9.17) is 0 Å². The Balaban J connectivity index is 2.75. The van der Waals surface area contributed by atoms with Crippen molar-refractivity contribution in [3.8, 4) is 5.75 Å². The van der Waals surface area contributed by atoms with Gasteiger partial charge in [-0.2, -0.15) is 0 Å². The zero-order valence-electron chi connectivity index (χ0n) is 6.55. The number of fused-ring (bicyclic) bond motifs is 1. The summed E-state index contributed by atoms with van der Waals surface area (Å²) in [7, 11) is 0. The number of phenolic OH excluding ortho intramolecular Hbond substituents is 1. The van der Waals surface area contributed by atoms with Crippen LogP contribution in [-0.4, -0.2) is 5.11 Å². The van der Waals surface area contributed by atoms with Crippen LogP contribution in [0.2, 0.25) is 0 Å². The zero-order valence-corrected chi connectivity index (χ0v) is 11.1. The Labute approximate surface area is 102 Å². The predicted molar refractivity (Wildman–Crippen MR) is 68.8 cm³/mol. The van der Waals surface area contributed by atoms with E-state index < -0.39 is 0 Å². The van der Waals surface area contributed by atoms with Crippen molar-refractivity contribution in [2.45, 2.75) is 5.33 Å². The van der Waals surface area contributed by atoms with Gasteiger partial charge in [0.15, 0.2) is 0 Å². The van der Waals surface area contributed by atoms with Gasteiger partial charge in [0.25, 0.3) is 0 Å². The van der Waals surface area contributed by atoms with Crippen molar-refractivity contribution in [2.24, 2.45) is 0 Å². The van der Waals surface area contributed by atoms with Gasteiger partial charge in [-0.05, 0) is 51.7 Å². The van der Waals surface area contributed by atoms with Crippen LogP contribution in [0.15, 0.2) is 18.2 Å². The van der Waals surface area contributed by atoms with Crippen LogP contribution < -0.4 is 0 Å². The van der Waals surface area contributed by atoms with E-state index >= 15 is 0 Å². The fraction of sp³-hybridized carbons (Fsp3) is 0.111. The first kappa shape index (κ1) is 9.73. The Bertz CT molecular complexity index is 452. The highest BCUT2D eigenvalue weighted by Crippen LogP contribution is 2.35. The number of alkyl halides is 1. The molecule has 68 valence electrons. The van der Waals surface area contributed by atoms with Crippen molar-refractivity contribution in [3.63, 3.8) is 0 Å². The molecule has 1 heterocycles. The fourth-order valence-corrected chi connectivity index (χ4v) is 3.34. The summed E-state index contributed by atoms with van der Waals surface area (Å²) in [5, 5.41) is 11.6. The molecule has 1 aromatic heterocycles. The molecule has 0 fully saturated rings. The van der Waals surface area contributed by atoms with Crippen molar-refractivity contribution in [1.82, 2.24) is 0 Å². The molecule has 2 aromatic rings. The van der Waals surface area contributed by atoms with E-state index in [-0.39, 0.29) is 0 Å². The fourth-order valence-electron chi connectivity index (χ4n) is 1.24. The first-order valence-electron chi connectivity index (χ1n) is 3.67. The Morgan fingerprint density at radius 3 is 2.85 bits per heavy atom. The third-order valence-corrected chi connectivity index (χ3v) is 4.36. The molecule has 1 nitrogen and oxygen atoms in total. The minimum atomic E-state index is 0.389. The van der Waals surface area contributed by atoms with Crippen molar-refractivity contribution in [2.75, 3.05) is 0 Å². The molecule has 0 aliphatic rings. The molecule has 1 aromatic carbocycles. The molecule has 0 bridgehead atoms. The topological polar surface area (TPSA) is 20.2 Å². The number of halogens is 2. The molecule has 0 aliphatic heterocycles. The number of hydrogen-bond acceptors (Lipinski definition) is 2. The van der Waals surface area contributed by atoms with Crippen molar-refractivity contribution < 1.29 is 5.11 Å². The molecule has 2 rings (SSSR count). The molecular weight excluding hydrogens is 363 g/mol. The number of thiophene rings is 1. The lowest BCUT2D eigenvalue weighted by Crippen LogP contribution is -1.75. The van der Waals surface area contributed by atoms with Crippen LogP contribution >= 0.6 is 49.9 Å². The van der Waals surface area contributed by atoms with Crippen LogP contribution in [0.25, 0.3) is 10.1 Å². The lowest BCUT2D eigenvalue weighted by atomic mass is 10.2. The summed E-state index contributed by atoms with van der Waals surface area (Å²) in [6.45, 7) is 0. The molecule has 0 saturated carbocycles. The average Bonchev–Trinajstić information content (AvgIpc) is 2.46. The number of benzene rings is 1. The average molecular weight is 369 g/mol.